The second kappa shape index (κ2) is 4.71. The predicted octanol–water partition coefficient (Wildman–Crippen LogP) is 3.08. The summed E-state index contributed by atoms with van der Waals surface area (Å²) in [5, 5.41) is 4.74. The van der Waals surface area contributed by atoms with Gasteiger partial charge in [-0.05, 0) is 43.5 Å². The fourth-order valence-electron chi connectivity index (χ4n) is 2.19. The SMILES string of the molecule is CCNCc1cc2ccc(C)cc2n1CC. The van der Waals surface area contributed by atoms with Crippen molar-refractivity contribution in [3.05, 3.63) is 35.5 Å². The molecule has 0 saturated heterocycles. The molecule has 0 spiro atoms. The zero-order valence-corrected chi connectivity index (χ0v) is 10.4. The molecule has 0 unspecified atom stereocenters. The van der Waals surface area contributed by atoms with Gasteiger partial charge in [-0.25, -0.2) is 0 Å². The van der Waals surface area contributed by atoms with Crippen molar-refractivity contribution >= 4 is 10.9 Å². The molecule has 2 nitrogen and oxygen atoms in total. The average molecular weight is 216 g/mol. The second-order valence-corrected chi connectivity index (χ2v) is 4.22. The van der Waals surface area contributed by atoms with Crippen LogP contribution in [0.15, 0.2) is 24.3 Å². The van der Waals surface area contributed by atoms with Crippen LogP contribution in [-0.4, -0.2) is 11.1 Å². The number of nitrogens with one attached hydrogen (secondary N) is 1. The first kappa shape index (κ1) is 11.2. The van der Waals surface area contributed by atoms with Crippen LogP contribution in [0.2, 0.25) is 0 Å². The lowest BCUT2D eigenvalue weighted by Gasteiger charge is -2.08. The Labute approximate surface area is 97.3 Å². The summed E-state index contributed by atoms with van der Waals surface area (Å²) >= 11 is 0. The van der Waals surface area contributed by atoms with E-state index in [0.29, 0.717) is 0 Å². The summed E-state index contributed by atoms with van der Waals surface area (Å²) in [5.74, 6) is 0. The van der Waals surface area contributed by atoms with Crippen molar-refractivity contribution in [2.75, 3.05) is 6.54 Å². The topological polar surface area (TPSA) is 17.0 Å². The summed E-state index contributed by atoms with van der Waals surface area (Å²) < 4.78 is 2.39. The van der Waals surface area contributed by atoms with Gasteiger partial charge >= 0.3 is 0 Å². The zero-order chi connectivity index (χ0) is 11.5. The van der Waals surface area contributed by atoms with Gasteiger partial charge in [0.05, 0.1) is 0 Å². The molecule has 0 fully saturated rings. The average Bonchev–Trinajstić information content (AvgIpc) is 2.63. The molecular weight excluding hydrogens is 196 g/mol. The largest absolute Gasteiger partial charge is 0.344 e. The number of nitrogens with zero attached hydrogens (tertiary/aromatic N) is 1. The van der Waals surface area contributed by atoms with Gasteiger partial charge in [-0.2, -0.15) is 0 Å². The number of benzene rings is 1. The third kappa shape index (κ3) is 1.98. The third-order valence-electron chi connectivity index (χ3n) is 3.02. The van der Waals surface area contributed by atoms with E-state index in [-0.39, 0.29) is 0 Å². The lowest BCUT2D eigenvalue weighted by Crippen LogP contribution is -2.15. The Morgan fingerprint density at radius 3 is 2.69 bits per heavy atom. The van der Waals surface area contributed by atoms with Crippen LogP contribution in [0.5, 0.6) is 0 Å². The number of aromatic nitrogens is 1. The summed E-state index contributed by atoms with van der Waals surface area (Å²) in [6, 6.07) is 8.96. The minimum atomic E-state index is 0.956. The van der Waals surface area contributed by atoms with Crippen LogP contribution in [0, 0.1) is 6.92 Å². The van der Waals surface area contributed by atoms with E-state index in [9.17, 15) is 0 Å². The molecule has 0 saturated carbocycles. The molecule has 0 atom stereocenters. The van der Waals surface area contributed by atoms with Gasteiger partial charge in [0.1, 0.15) is 0 Å². The van der Waals surface area contributed by atoms with Crippen molar-refractivity contribution < 1.29 is 0 Å². The number of rotatable bonds is 4. The number of hydrogen-bond donors (Lipinski definition) is 1. The normalized spacial score (nSPS) is 11.2. The highest BCUT2D eigenvalue weighted by Crippen LogP contribution is 2.21. The molecule has 16 heavy (non-hydrogen) atoms. The molecular formula is C14H20N2. The number of hydrogen-bond acceptors (Lipinski definition) is 1. The van der Waals surface area contributed by atoms with E-state index in [1.807, 2.05) is 0 Å². The van der Waals surface area contributed by atoms with Crippen molar-refractivity contribution in [2.24, 2.45) is 0 Å². The van der Waals surface area contributed by atoms with Gasteiger partial charge in [-0.15, -0.1) is 0 Å². The Kier molecular flexibility index (Phi) is 3.30. The highest BCUT2D eigenvalue weighted by Gasteiger charge is 2.06. The third-order valence-corrected chi connectivity index (χ3v) is 3.02. The maximum absolute atomic E-state index is 3.39. The van der Waals surface area contributed by atoms with Gasteiger partial charge in [-0.3, -0.25) is 0 Å². The summed E-state index contributed by atoms with van der Waals surface area (Å²) in [5.41, 5.74) is 4.07. The van der Waals surface area contributed by atoms with Gasteiger partial charge in [-0.1, -0.05) is 19.1 Å². The molecule has 0 aliphatic rings. The molecule has 2 aromatic rings. The van der Waals surface area contributed by atoms with Gasteiger partial charge < -0.3 is 9.88 Å². The van der Waals surface area contributed by atoms with Crippen molar-refractivity contribution in [1.29, 1.82) is 0 Å². The van der Waals surface area contributed by atoms with E-state index in [1.165, 1.54) is 22.2 Å². The molecule has 0 amide bonds. The first-order valence-electron chi connectivity index (χ1n) is 6.05. The van der Waals surface area contributed by atoms with Crippen molar-refractivity contribution in [1.82, 2.24) is 9.88 Å². The summed E-state index contributed by atoms with van der Waals surface area (Å²) in [6.07, 6.45) is 0. The van der Waals surface area contributed by atoms with Crippen LogP contribution in [0.4, 0.5) is 0 Å². The van der Waals surface area contributed by atoms with Crippen LogP contribution in [0.3, 0.4) is 0 Å². The number of fused-ring (bicyclic) bond motifs is 1. The molecule has 1 aromatic carbocycles. The maximum atomic E-state index is 3.39. The standard InChI is InChI=1S/C14H20N2/c1-4-15-10-13-9-12-7-6-11(3)8-14(12)16(13)5-2/h6-9,15H,4-5,10H2,1-3H3. The first-order chi connectivity index (χ1) is 7.76. The van der Waals surface area contributed by atoms with Crippen LogP contribution in [0.25, 0.3) is 10.9 Å². The fourth-order valence-corrected chi connectivity index (χ4v) is 2.19. The van der Waals surface area contributed by atoms with E-state index in [2.05, 4.69) is 54.9 Å². The summed E-state index contributed by atoms with van der Waals surface area (Å²) in [7, 11) is 0. The lowest BCUT2D eigenvalue weighted by atomic mass is 10.2. The van der Waals surface area contributed by atoms with Gasteiger partial charge in [0.2, 0.25) is 0 Å². The van der Waals surface area contributed by atoms with Crippen LogP contribution >= 0.6 is 0 Å². The highest BCUT2D eigenvalue weighted by atomic mass is 15.0. The minimum absolute atomic E-state index is 0.956. The van der Waals surface area contributed by atoms with Gasteiger partial charge in [0.15, 0.2) is 0 Å². The van der Waals surface area contributed by atoms with Crippen molar-refractivity contribution in [2.45, 2.75) is 33.9 Å². The smallest absolute Gasteiger partial charge is 0.0485 e. The van der Waals surface area contributed by atoms with E-state index >= 15 is 0 Å². The molecule has 0 aliphatic heterocycles. The lowest BCUT2D eigenvalue weighted by molar-refractivity contribution is 0.656. The van der Waals surface area contributed by atoms with Gasteiger partial charge in [0, 0.05) is 24.3 Å². The summed E-state index contributed by atoms with van der Waals surface area (Å²) in [4.78, 5) is 0. The van der Waals surface area contributed by atoms with E-state index in [4.69, 9.17) is 0 Å². The van der Waals surface area contributed by atoms with Gasteiger partial charge in [0.25, 0.3) is 0 Å². The minimum Gasteiger partial charge on any atom is -0.344 e. The molecule has 1 N–H and O–H groups in total. The summed E-state index contributed by atoms with van der Waals surface area (Å²) in [6.45, 7) is 9.51. The molecule has 0 aliphatic carbocycles. The monoisotopic (exact) mass is 216 g/mol. The van der Waals surface area contributed by atoms with Crippen molar-refractivity contribution in [3.8, 4) is 0 Å². The molecule has 1 aromatic heterocycles. The van der Waals surface area contributed by atoms with Crippen LogP contribution < -0.4 is 5.32 Å². The highest BCUT2D eigenvalue weighted by molar-refractivity contribution is 5.82. The van der Waals surface area contributed by atoms with Crippen LogP contribution in [-0.2, 0) is 13.1 Å². The molecule has 0 radical (unpaired) electrons. The maximum Gasteiger partial charge on any atom is 0.0485 e. The Balaban J connectivity index is 2.49. The van der Waals surface area contributed by atoms with E-state index in [1.54, 1.807) is 0 Å². The zero-order valence-electron chi connectivity index (χ0n) is 10.4. The Bertz CT molecular complexity index is 483. The first-order valence-corrected chi connectivity index (χ1v) is 6.05. The Morgan fingerprint density at radius 2 is 2.00 bits per heavy atom. The Morgan fingerprint density at radius 1 is 1.19 bits per heavy atom. The molecule has 2 rings (SSSR count). The van der Waals surface area contributed by atoms with E-state index in [0.717, 1.165) is 19.6 Å². The van der Waals surface area contributed by atoms with E-state index < -0.39 is 0 Å². The predicted molar refractivity (Wildman–Crippen MR) is 69.7 cm³/mol. The Hall–Kier alpha value is -1.28. The fraction of sp³-hybridized carbons (Fsp3) is 0.429. The molecule has 86 valence electrons. The van der Waals surface area contributed by atoms with Crippen LogP contribution in [0.1, 0.15) is 25.1 Å². The second-order valence-electron chi connectivity index (χ2n) is 4.22. The molecule has 2 heteroatoms. The quantitative estimate of drug-likeness (QED) is 0.831. The molecule has 0 bridgehead atoms. The van der Waals surface area contributed by atoms with Crippen molar-refractivity contribution in [3.63, 3.8) is 0 Å². The number of aryl methyl sites for hydroxylation is 2. The molecule has 1 heterocycles.